The molecule has 0 atom stereocenters. The summed E-state index contributed by atoms with van der Waals surface area (Å²) >= 11 is 10.4. The minimum atomic E-state index is 0.110. The summed E-state index contributed by atoms with van der Waals surface area (Å²) < 4.78 is 0. The van der Waals surface area contributed by atoms with Crippen LogP contribution in [0.5, 0.6) is 0 Å². The Balaban J connectivity index is 3.14. The molecule has 0 amide bonds. The molecule has 0 heterocycles. The van der Waals surface area contributed by atoms with Crippen LogP contribution in [0.1, 0.15) is 5.56 Å². The topological polar surface area (TPSA) is 61.8 Å². The first-order valence-corrected chi connectivity index (χ1v) is 4.19. The summed E-state index contributed by atoms with van der Waals surface area (Å²) in [5.74, 6) is 0. The van der Waals surface area contributed by atoms with E-state index in [0.29, 0.717) is 16.3 Å². The van der Waals surface area contributed by atoms with Crippen LogP contribution >= 0.6 is 23.8 Å². The second-order valence-corrected chi connectivity index (χ2v) is 3.11. The summed E-state index contributed by atoms with van der Waals surface area (Å²) in [5, 5.41) is 11.9. The van der Waals surface area contributed by atoms with Crippen LogP contribution in [0, 0.1) is 11.3 Å². The fourth-order valence-corrected chi connectivity index (χ4v) is 1.20. The quantitative estimate of drug-likeness (QED) is 0.697. The lowest BCUT2D eigenvalue weighted by molar-refractivity contribution is 1.47. The zero-order chi connectivity index (χ0) is 9.84. The normalized spacial score (nSPS) is 8.92. The van der Waals surface area contributed by atoms with E-state index in [1.54, 1.807) is 18.2 Å². The van der Waals surface area contributed by atoms with Gasteiger partial charge in [0.15, 0.2) is 5.11 Å². The van der Waals surface area contributed by atoms with Crippen molar-refractivity contribution in [3.05, 3.63) is 28.8 Å². The summed E-state index contributed by atoms with van der Waals surface area (Å²) in [6.07, 6.45) is 0. The van der Waals surface area contributed by atoms with Crippen LogP contribution in [0.3, 0.4) is 0 Å². The number of anilines is 1. The lowest BCUT2D eigenvalue weighted by atomic mass is 10.2. The number of nitriles is 1. The molecule has 0 fully saturated rings. The highest BCUT2D eigenvalue weighted by Gasteiger charge is 2.05. The zero-order valence-electron chi connectivity index (χ0n) is 6.54. The lowest BCUT2D eigenvalue weighted by Gasteiger charge is -2.05. The van der Waals surface area contributed by atoms with E-state index < -0.39 is 0 Å². The molecule has 1 rings (SSSR count). The van der Waals surface area contributed by atoms with E-state index >= 15 is 0 Å². The third-order valence-electron chi connectivity index (χ3n) is 1.38. The van der Waals surface area contributed by atoms with E-state index in [1.807, 2.05) is 6.07 Å². The molecule has 0 spiro atoms. The second-order valence-electron chi connectivity index (χ2n) is 2.26. The van der Waals surface area contributed by atoms with Gasteiger partial charge in [0.25, 0.3) is 0 Å². The van der Waals surface area contributed by atoms with Crippen molar-refractivity contribution in [1.29, 1.82) is 5.26 Å². The minimum absolute atomic E-state index is 0.110. The Morgan fingerprint density at radius 2 is 2.31 bits per heavy atom. The smallest absolute Gasteiger partial charge is 0.168 e. The van der Waals surface area contributed by atoms with Crippen LogP contribution in [-0.2, 0) is 0 Å². The monoisotopic (exact) mass is 211 g/mol. The number of halogens is 1. The minimum Gasteiger partial charge on any atom is -0.376 e. The largest absolute Gasteiger partial charge is 0.376 e. The van der Waals surface area contributed by atoms with Gasteiger partial charge in [-0.05, 0) is 24.4 Å². The van der Waals surface area contributed by atoms with Gasteiger partial charge in [0.05, 0.1) is 16.3 Å². The zero-order valence-corrected chi connectivity index (χ0v) is 8.12. The average Bonchev–Trinajstić information content (AvgIpc) is 2.03. The molecule has 1 aromatic rings. The summed E-state index contributed by atoms with van der Waals surface area (Å²) in [6.45, 7) is 0. The maximum absolute atomic E-state index is 8.75. The molecule has 0 radical (unpaired) electrons. The van der Waals surface area contributed by atoms with Crippen molar-refractivity contribution < 1.29 is 0 Å². The van der Waals surface area contributed by atoms with Gasteiger partial charge in [0, 0.05) is 0 Å². The van der Waals surface area contributed by atoms with Crippen LogP contribution < -0.4 is 11.1 Å². The van der Waals surface area contributed by atoms with E-state index in [2.05, 4.69) is 17.5 Å². The van der Waals surface area contributed by atoms with Crippen LogP contribution in [0.25, 0.3) is 0 Å². The van der Waals surface area contributed by atoms with Gasteiger partial charge in [-0.15, -0.1) is 0 Å². The third-order valence-corrected chi connectivity index (χ3v) is 1.80. The molecule has 0 aliphatic rings. The highest BCUT2D eigenvalue weighted by molar-refractivity contribution is 7.80. The Kier molecular flexibility index (Phi) is 3.07. The number of benzene rings is 1. The van der Waals surface area contributed by atoms with Crippen molar-refractivity contribution in [3.8, 4) is 6.07 Å². The molecule has 13 heavy (non-hydrogen) atoms. The first kappa shape index (κ1) is 9.78. The average molecular weight is 212 g/mol. The van der Waals surface area contributed by atoms with Gasteiger partial charge < -0.3 is 11.1 Å². The number of hydrogen-bond acceptors (Lipinski definition) is 2. The lowest BCUT2D eigenvalue weighted by Crippen LogP contribution is -2.19. The van der Waals surface area contributed by atoms with Gasteiger partial charge in [-0.25, -0.2) is 0 Å². The first-order chi connectivity index (χ1) is 6.15. The molecular formula is C8H6ClN3S. The van der Waals surface area contributed by atoms with Gasteiger partial charge in [-0.1, -0.05) is 17.7 Å². The molecule has 0 saturated heterocycles. The summed E-state index contributed by atoms with van der Waals surface area (Å²) in [5.41, 5.74) is 6.14. The number of nitrogens with two attached hydrogens (primary N) is 1. The number of nitrogens with one attached hydrogen (secondary N) is 1. The van der Waals surface area contributed by atoms with Crippen LogP contribution in [0.15, 0.2) is 18.2 Å². The predicted octanol–water partition coefficient (Wildman–Crippen LogP) is 1.87. The van der Waals surface area contributed by atoms with Crippen LogP contribution in [0.4, 0.5) is 5.69 Å². The van der Waals surface area contributed by atoms with Gasteiger partial charge >= 0.3 is 0 Å². The van der Waals surface area contributed by atoms with Crippen molar-refractivity contribution in [1.82, 2.24) is 0 Å². The SMILES string of the molecule is N#Cc1c(Cl)cccc1NC(N)=S. The molecular weight excluding hydrogens is 206 g/mol. The molecule has 0 aromatic heterocycles. The predicted molar refractivity (Wildman–Crippen MR) is 56.6 cm³/mol. The van der Waals surface area contributed by atoms with Crippen LogP contribution in [0.2, 0.25) is 5.02 Å². The van der Waals surface area contributed by atoms with Crippen LogP contribution in [-0.4, -0.2) is 5.11 Å². The molecule has 0 unspecified atom stereocenters. The molecule has 5 heteroatoms. The Hall–Kier alpha value is -1.31. The molecule has 3 nitrogen and oxygen atoms in total. The molecule has 1 aromatic carbocycles. The Morgan fingerprint density at radius 1 is 1.62 bits per heavy atom. The first-order valence-electron chi connectivity index (χ1n) is 3.40. The van der Waals surface area contributed by atoms with Crippen molar-refractivity contribution >= 4 is 34.6 Å². The van der Waals surface area contributed by atoms with Gasteiger partial charge in [0.1, 0.15) is 6.07 Å². The third kappa shape index (κ3) is 2.31. The van der Waals surface area contributed by atoms with Crippen molar-refractivity contribution in [2.45, 2.75) is 0 Å². The molecule has 66 valence electrons. The number of nitrogens with zero attached hydrogens (tertiary/aromatic N) is 1. The fourth-order valence-electron chi connectivity index (χ4n) is 0.875. The van der Waals surface area contributed by atoms with Crippen molar-refractivity contribution in [2.24, 2.45) is 5.73 Å². The van der Waals surface area contributed by atoms with E-state index in [9.17, 15) is 0 Å². The van der Waals surface area contributed by atoms with E-state index in [-0.39, 0.29) is 5.11 Å². The Bertz CT molecular complexity index is 383. The summed E-state index contributed by atoms with van der Waals surface area (Å²) in [4.78, 5) is 0. The number of hydrogen-bond donors (Lipinski definition) is 2. The standard InChI is InChI=1S/C8H6ClN3S/c9-6-2-1-3-7(5(6)4-10)12-8(11)13/h1-3H,(H3,11,12,13). The second kappa shape index (κ2) is 4.08. The summed E-state index contributed by atoms with van der Waals surface area (Å²) in [7, 11) is 0. The van der Waals surface area contributed by atoms with E-state index in [0.717, 1.165) is 0 Å². The Morgan fingerprint density at radius 3 is 2.85 bits per heavy atom. The number of thiocarbonyl (C=S) groups is 1. The highest BCUT2D eigenvalue weighted by Crippen LogP contribution is 2.22. The van der Waals surface area contributed by atoms with Gasteiger partial charge in [-0.2, -0.15) is 5.26 Å². The van der Waals surface area contributed by atoms with E-state index in [1.165, 1.54) is 0 Å². The fraction of sp³-hybridized carbons (Fsp3) is 0. The maximum atomic E-state index is 8.75. The van der Waals surface area contributed by atoms with Gasteiger partial charge in [0.2, 0.25) is 0 Å². The molecule has 3 N–H and O–H groups in total. The number of rotatable bonds is 1. The highest BCUT2D eigenvalue weighted by atomic mass is 35.5. The summed E-state index contributed by atoms with van der Waals surface area (Å²) in [6, 6.07) is 6.99. The van der Waals surface area contributed by atoms with E-state index in [4.69, 9.17) is 22.6 Å². The molecule has 0 aliphatic heterocycles. The van der Waals surface area contributed by atoms with Crippen molar-refractivity contribution in [2.75, 3.05) is 5.32 Å². The molecule has 0 aliphatic carbocycles. The van der Waals surface area contributed by atoms with Crippen molar-refractivity contribution in [3.63, 3.8) is 0 Å². The molecule has 0 saturated carbocycles. The molecule has 0 bridgehead atoms. The Labute approximate surface area is 86.1 Å². The van der Waals surface area contributed by atoms with Gasteiger partial charge in [-0.3, -0.25) is 0 Å². The maximum Gasteiger partial charge on any atom is 0.168 e.